The predicted octanol–water partition coefficient (Wildman–Crippen LogP) is 4.75. The van der Waals surface area contributed by atoms with Gasteiger partial charge in [0, 0.05) is 5.02 Å². The lowest BCUT2D eigenvalue weighted by Crippen LogP contribution is -2.29. The zero-order valence-electron chi connectivity index (χ0n) is 14.6. The van der Waals surface area contributed by atoms with Crippen LogP contribution in [0.4, 0.5) is 5.69 Å². The van der Waals surface area contributed by atoms with Gasteiger partial charge in [0.1, 0.15) is 5.75 Å². The highest BCUT2D eigenvalue weighted by atomic mass is 35.5. The normalized spacial score (nSPS) is 13.0. The van der Waals surface area contributed by atoms with Crippen molar-refractivity contribution in [3.63, 3.8) is 0 Å². The highest BCUT2D eigenvalue weighted by Crippen LogP contribution is 2.34. The van der Waals surface area contributed by atoms with E-state index in [1.54, 1.807) is 25.3 Å². The number of carbonyl (C=O) groups excluding carboxylic acids is 2. The first-order valence-electron chi connectivity index (χ1n) is 8.46. The van der Waals surface area contributed by atoms with Crippen LogP contribution in [-0.4, -0.2) is 18.8 Å². The number of anilines is 1. The van der Waals surface area contributed by atoms with E-state index in [1.165, 1.54) is 4.90 Å². The van der Waals surface area contributed by atoms with Crippen LogP contribution in [0.5, 0.6) is 5.75 Å². The summed E-state index contributed by atoms with van der Waals surface area (Å²) in [5.74, 6) is -0.237. The highest BCUT2D eigenvalue weighted by molar-refractivity contribution is 6.52. The van der Waals surface area contributed by atoms with E-state index in [-0.39, 0.29) is 0 Å². The first-order valence-corrected chi connectivity index (χ1v) is 8.84. The van der Waals surface area contributed by atoms with Gasteiger partial charge in [-0.1, -0.05) is 41.9 Å². The fourth-order valence-electron chi connectivity index (χ4n) is 3.19. The van der Waals surface area contributed by atoms with Crippen LogP contribution in [0.2, 0.25) is 5.02 Å². The molecule has 3 aromatic rings. The van der Waals surface area contributed by atoms with E-state index in [0.29, 0.717) is 22.8 Å². The number of halogens is 1. The van der Waals surface area contributed by atoms with Gasteiger partial charge < -0.3 is 9.64 Å². The standard InChI is InChI=1S/C22H16ClNO3/c1-27-18-9-2-14(3-10-18)13-24-20-11-6-16(12-19(20)21(25)22(24)26)15-4-7-17(23)8-5-15/h2-12H,13H2,1H3. The number of Topliss-reactive ketones (excluding diaryl/α,β-unsaturated/α-hetero) is 1. The van der Waals surface area contributed by atoms with Crippen LogP contribution < -0.4 is 9.64 Å². The Labute approximate surface area is 161 Å². The molecule has 0 saturated carbocycles. The summed E-state index contributed by atoms with van der Waals surface area (Å²) < 4.78 is 5.15. The molecule has 4 nitrogen and oxygen atoms in total. The molecule has 0 saturated heterocycles. The van der Waals surface area contributed by atoms with Gasteiger partial charge in [-0.05, 0) is 53.1 Å². The Bertz CT molecular complexity index is 1030. The average Bonchev–Trinajstić information content (AvgIpc) is 2.93. The van der Waals surface area contributed by atoms with Crippen LogP contribution in [0.3, 0.4) is 0 Å². The Morgan fingerprint density at radius 3 is 2.22 bits per heavy atom. The van der Waals surface area contributed by atoms with Crippen molar-refractivity contribution in [3.05, 3.63) is 82.9 Å². The topological polar surface area (TPSA) is 46.6 Å². The minimum atomic E-state index is -0.505. The zero-order chi connectivity index (χ0) is 19.0. The predicted molar refractivity (Wildman–Crippen MR) is 105 cm³/mol. The summed E-state index contributed by atoms with van der Waals surface area (Å²) in [6.45, 7) is 0.335. The SMILES string of the molecule is COc1ccc(CN2C(=O)C(=O)c3cc(-c4ccc(Cl)cc4)ccc32)cc1. The van der Waals surface area contributed by atoms with E-state index in [9.17, 15) is 9.59 Å². The van der Waals surface area contributed by atoms with Gasteiger partial charge in [-0.2, -0.15) is 0 Å². The Hall–Kier alpha value is -3.11. The molecule has 1 amide bonds. The first kappa shape index (κ1) is 17.3. The fraction of sp³-hybridized carbons (Fsp3) is 0.0909. The third kappa shape index (κ3) is 3.20. The summed E-state index contributed by atoms with van der Waals surface area (Å²) in [6.07, 6.45) is 0. The summed E-state index contributed by atoms with van der Waals surface area (Å²) in [6, 6.07) is 20.3. The third-order valence-corrected chi connectivity index (χ3v) is 4.90. The molecular formula is C22H16ClNO3. The molecule has 0 fully saturated rings. The van der Waals surface area contributed by atoms with E-state index in [2.05, 4.69) is 0 Å². The molecule has 27 heavy (non-hydrogen) atoms. The number of hydrogen-bond acceptors (Lipinski definition) is 3. The quantitative estimate of drug-likeness (QED) is 0.617. The number of nitrogens with zero attached hydrogens (tertiary/aromatic N) is 1. The van der Waals surface area contributed by atoms with Crippen molar-refractivity contribution in [1.82, 2.24) is 0 Å². The molecule has 0 spiro atoms. The Kier molecular flexibility index (Phi) is 4.42. The molecule has 0 bridgehead atoms. The molecule has 5 heteroatoms. The van der Waals surface area contributed by atoms with Crippen LogP contribution >= 0.6 is 11.6 Å². The van der Waals surface area contributed by atoms with Crippen molar-refractivity contribution in [2.75, 3.05) is 12.0 Å². The third-order valence-electron chi connectivity index (χ3n) is 4.65. The maximum absolute atomic E-state index is 12.5. The lowest BCUT2D eigenvalue weighted by atomic mass is 10.0. The minimum absolute atomic E-state index is 0.335. The maximum atomic E-state index is 12.5. The van der Waals surface area contributed by atoms with Crippen LogP contribution in [0, 0.1) is 0 Å². The minimum Gasteiger partial charge on any atom is -0.497 e. The monoisotopic (exact) mass is 377 g/mol. The summed E-state index contributed by atoms with van der Waals surface area (Å²) >= 11 is 5.94. The second-order valence-corrected chi connectivity index (χ2v) is 6.74. The molecule has 0 aliphatic carbocycles. The average molecular weight is 378 g/mol. The number of carbonyl (C=O) groups is 2. The summed E-state index contributed by atoms with van der Waals surface area (Å²) in [5, 5.41) is 0.650. The Morgan fingerprint density at radius 2 is 1.56 bits per heavy atom. The number of rotatable bonds is 4. The Balaban J connectivity index is 1.66. The maximum Gasteiger partial charge on any atom is 0.299 e. The number of ether oxygens (including phenoxy) is 1. The second kappa shape index (κ2) is 6.89. The number of hydrogen-bond donors (Lipinski definition) is 0. The molecule has 0 unspecified atom stereocenters. The first-order chi connectivity index (χ1) is 13.1. The van der Waals surface area contributed by atoms with Crippen molar-refractivity contribution in [3.8, 4) is 16.9 Å². The van der Waals surface area contributed by atoms with Gasteiger partial charge in [0.25, 0.3) is 11.7 Å². The lowest BCUT2D eigenvalue weighted by Gasteiger charge is -2.17. The molecule has 0 aromatic heterocycles. The molecule has 1 aliphatic rings. The molecule has 0 radical (unpaired) electrons. The van der Waals surface area contributed by atoms with Gasteiger partial charge in [-0.3, -0.25) is 9.59 Å². The molecule has 134 valence electrons. The van der Waals surface area contributed by atoms with Gasteiger partial charge >= 0.3 is 0 Å². The molecule has 0 atom stereocenters. The fourth-order valence-corrected chi connectivity index (χ4v) is 3.32. The number of methoxy groups -OCH3 is 1. The smallest absolute Gasteiger partial charge is 0.299 e. The highest BCUT2D eigenvalue weighted by Gasteiger charge is 2.35. The van der Waals surface area contributed by atoms with Crippen molar-refractivity contribution in [2.45, 2.75) is 6.54 Å². The number of ketones is 1. The van der Waals surface area contributed by atoms with E-state index < -0.39 is 11.7 Å². The van der Waals surface area contributed by atoms with Gasteiger partial charge in [0.2, 0.25) is 0 Å². The van der Waals surface area contributed by atoms with Gasteiger partial charge in [0.15, 0.2) is 0 Å². The summed E-state index contributed by atoms with van der Waals surface area (Å²) in [5.41, 5.74) is 3.81. The zero-order valence-corrected chi connectivity index (χ0v) is 15.4. The van der Waals surface area contributed by atoms with Crippen LogP contribution in [0.15, 0.2) is 66.7 Å². The molecule has 1 aliphatic heterocycles. The van der Waals surface area contributed by atoms with Crippen molar-refractivity contribution in [2.24, 2.45) is 0 Å². The molecule has 0 N–H and O–H groups in total. The van der Waals surface area contributed by atoms with E-state index in [1.807, 2.05) is 48.5 Å². The largest absolute Gasteiger partial charge is 0.497 e. The molecule has 3 aromatic carbocycles. The lowest BCUT2D eigenvalue weighted by molar-refractivity contribution is -0.114. The van der Waals surface area contributed by atoms with Gasteiger partial charge in [0.05, 0.1) is 24.9 Å². The van der Waals surface area contributed by atoms with E-state index in [0.717, 1.165) is 22.4 Å². The van der Waals surface area contributed by atoms with E-state index in [4.69, 9.17) is 16.3 Å². The van der Waals surface area contributed by atoms with E-state index >= 15 is 0 Å². The second-order valence-electron chi connectivity index (χ2n) is 6.31. The van der Waals surface area contributed by atoms with Crippen molar-refractivity contribution < 1.29 is 14.3 Å². The van der Waals surface area contributed by atoms with Crippen molar-refractivity contribution in [1.29, 1.82) is 0 Å². The van der Waals surface area contributed by atoms with Crippen LogP contribution in [0.25, 0.3) is 11.1 Å². The van der Waals surface area contributed by atoms with Crippen LogP contribution in [0.1, 0.15) is 15.9 Å². The van der Waals surface area contributed by atoms with Crippen LogP contribution in [-0.2, 0) is 11.3 Å². The number of fused-ring (bicyclic) bond motifs is 1. The molecular weight excluding hydrogens is 362 g/mol. The molecule has 4 rings (SSSR count). The van der Waals surface area contributed by atoms with Crippen molar-refractivity contribution >= 4 is 29.0 Å². The Morgan fingerprint density at radius 1 is 0.889 bits per heavy atom. The summed E-state index contributed by atoms with van der Waals surface area (Å²) in [7, 11) is 1.60. The van der Waals surface area contributed by atoms with Gasteiger partial charge in [-0.25, -0.2) is 0 Å². The summed E-state index contributed by atoms with van der Waals surface area (Å²) in [4.78, 5) is 26.5. The number of amides is 1. The molecule has 1 heterocycles. The van der Waals surface area contributed by atoms with Gasteiger partial charge in [-0.15, -0.1) is 0 Å². The number of benzene rings is 3.